The van der Waals surface area contributed by atoms with Gasteiger partial charge < -0.3 is 9.84 Å². The van der Waals surface area contributed by atoms with E-state index in [-0.39, 0.29) is 11.7 Å². The molecule has 3 nitrogen and oxygen atoms in total. The van der Waals surface area contributed by atoms with Gasteiger partial charge in [-0.2, -0.15) is 0 Å². The summed E-state index contributed by atoms with van der Waals surface area (Å²) >= 11 is 1.57. The highest BCUT2D eigenvalue weighted by atomic mass is 32.2. The SMILES string of the molecule is COc1ccc(SC(C)CC(=O)O)cc1C. The topological polar surface area (TPSA) is 46.5 Å². The number of hydrogen-bond donors (Lipinski definition) is 1. The van der Waals surface area contributed by atoms with Gasteiger partial charge in [0.1, 0.15) is 5.75 Å². The molecule has 1 aromatic rings. The Labute approximate surface area is 99.8 Å². The van der Waals surface area contributed by atoms with Crippen molar-refractivity contribution in [3.05, 3.63) is 23.8 Å². The van der Waals surface area contributed by atoms with E-state index in [4.69, 9.17) is 9.84 Å². The third kappa shape index (κ3) is 3.77. The summed E-state index contributed by atoms with van der Waals surface area (Å²) in [4.78, 5) is 11.6. The second kappa shape index (κ2) is 5.80. The number of carboxylic acid groups (broad SMARTS) is 1. The fourth-order valence-electron chi connectivity index (χ4n) is 1.44. The van der Waals surface area contributed by atoms with Gasteiger partial charge in [0.05, 0.1) is 13.5 Å². The zero-order chi connectivity index (χ0) is 12.1. The number of hydrogen-bond acceptors (Lipinski definition) is 3. The van der Waals surface area contributed by atoms with Gasteiger partial charge in [0.2, 0.25) is 0 Å². The Morgan fingerprint density at radius 3 is 2.75 bits per heavy atom. The molecular weight excluding hydrogens is 224 g/mol. The molecule has 0 aromatic heterocycles. The summed E-state index contributed by atoms with van der Waals surface area (Å²) in [6.07, 6.45) is 0.176. The van der Waals surface area contributed by atoms with E-state index in [0.717, 1.165) is 16.2 Å². The molecule has 0 aliphatic carbocycles. The minimum atomic E-state index is -0.759. The predicted octanol–water partition coefficient (Wildman–Crippen LogP) is 2.96. The van der Waals surface area contributed by atoms with Crippen LogP contribution in [0.5, 0.6) is 5.75 Å². The molecule has 0 aliphatic rings. The number of ether oxygens (including phenoxy) is 1. The van der Waals surface area contributed by atoms with Crippen LogP contribution in [0.2, 0.25) is 0 Å². The molecule has 0 fully saturated rings. The molecule has 0 bridgehead atoms. The Balaban J connectivity index is 2.67. The van der Waals surface area contributed by atoms with Gasteiger partial charge in [0, 0.05) is 10.1 Å². The second-order valence-electron chi connectivity index (χ2n) is 3.66. The van der Waals surface area contributed by atoms with Gasteiger partial charge in [-0.3, -0.25) is 4.79 Å². The van der Waals surface area contributed by atoms with Crippen molar-refractivity contribution in [2.24, 2.45) is 0 Å². The Morgan fingerprint density at radius 1 is 1.56 bits per heavy atom. The molecule has 1 aromatic carbocycles. The molecular formula is C12H16O3S. The van der Waals surface area contributed by atoms with Crippen LogP contribution in [-0.4, -0.2) is 23.4 Å². The van der Waals surface area contributed by atoms with Crippen LogP contribution in [-0.2, 0) is 4.79 Å². The van der Waals surface area contributed by atoms with Crippen LogP contribution in [0.25, 0.3) is 0 Å². The molecule has 0 saturated carbocycles. The Morgan fingerprint density at radius 2 is 2.25 bits per heavy atom. The summed E-state index contributed by atoms with van der Waals surface area (Å²) < 4.78 is 5.17. The van der Waals surface area contributed by atoms with Crippen molar-refractivity contribution in [2.45, 2.75) is 30.4 Å². The molecule has 16 heavy (non-hydrogen) atoms. The van der Waals surface area contributed by atoms with Crippen molar-refractivity contribution in [1.82, 2.24) is 0 Å². The van der Waals surface area contributed by atoms with E-state index in [1.165, 1.54) is 0 Å². The molecule has 0 aliphatic heterocycles. The monoisotopic (exact) mass is 240 g/mol. The Hall–Kier alpha value is -1.16. The first-order chi connectivity index (χ1) is 7.52. The number of aryl methyl sites for hydroxylation is 1. The third-order valence-electron chi connectivity index (χ3n) is 2.17. The molecule has 1 N–H and O–H groups in total. The van der Waals surface area contributed by atoms with E-state index >= 15 is 0 Å². The molecule has 0 heterocycles. The average Bonchev–Trinajstić information content (AvgIpc) is 2.16. The lowest BCUT2D eigenvalue weighted by molar-refractivity contribution is -0.136. The van der Waals surface area contributed by atoms with E-state index in [9.17, 15) is 4.79 Å². The maximum absolute atomic E-state index is 10.5. The average molecular weight is 240 g/mol. The van der Waals surface area contributed by atoms with Crippen LogP contribution in [0.3, 0.4) is 0 Å². The van der Waals surface area contributed by atoms with Crippen molar-refractivity contribution in [2.75, 3.05) is 7.11 Å². The van der Waals surface area contributed by atoms with E-state index in [2.05, 4.69) is 0 Å². The molecule has 1 rings (SSSR count). The third-order valence-corrected chi connectivity index (χ3v) is 3.26. The van der Waals surface area contributed by atoms with Gasteiger partial charge in [0.15, 0.2) is 0 Å². The fourth-order valence-corrected chi connectivity index (χ4v) is 2.53. The number of rotatable bonds is 5. The number of methoxy groups -OCH3 is 1. The van der Waals surface area contributed by atoms with Crippen molar-refractivity contribution in [1.29, 1.82) is 0 Å². The number of aliphatic carboxylic acids is 1. The summed E-state index contributed by atoms with van der Waals surface area (Å²) in [6, 6.07) is 5.88. The Kier molecular flexibility index (Phi) is 4.68. The first-order valence-corrected chi connectivity index (χ1v) is 5.94. The second-order valence-corrected chi connectivity index (χ2v) is 5.17. The largest absolute Gasteiger partial charge is 0.496 e. The summed E-state index contributed by atoms with van der Waals surface area (Å²) in [5.41, 5.74) is 1.06. The van der Waals surface area contributed by atoms with Crippen LogP contribution in [0, 0.1) is 6.92 Å². The van der Waals surface area contributed by atoms with Crippen molar-refractivity contribution >= 4 is 17.7 Å². The lowest BCUT2D eigenvalue weighted by atomic mass is 10.2. The highest BCUT2D eigenvalue weighted by Crippen LogP contribution is 2.29. The molecule has 1 atom stereocenters. The van der Waals surface area contributed by atoms with Gasteiger partial charge in [-0.25, -0.2) is 0 Å². The van der Waals surface area contributed by atoms with Gasteiger partial charge in [-0.15, -0.1) is 11.8 Å². The quantitative estimate of drug-likeness (QED) is 0.804. The van der Waals surface area contributed by atoms with Crippen molar-refractivity contribution in [3.8, 4) is 5.75 Å². The predicted molar refractivity (Wildman–Crippen MR) is 65.3 cm³/mol. The smallest absolute Gasteiger partial charge is 0.304 e. The normalized spacial score (nSPS) is 12.2. The van der Waals surface area contributed by atoms with Crippen LogP contribution < -0.4 is 4.74 Å². The maximum Gasteiger partial charge on any atom is 0.304 e. The maximum atomic E-state index is 10.5. The van der Waals surface area contributed by atoms with E-state index in [1.807, 2.05) is 32.0 Å². The molecule has 0 spiro atoms. The van der Waals surface area contributed by atoms with E-state index in [1.54, 1.807) is 18.9 Å². The van der Waals surface area contributed by atoms with Gasteiger partial charge in [0.25, 0.3) is 0 Å². The first-order valence-electron chi connectivity index (χ1n) is 5.06. The van der Waals surface area contributed by atoms with Gasteiger partial charge in [-0.05, 0) is 30.7 Å². The van der Waals surface area contributed by atoms with Gasteiger partial charge >= 0.3 is 5.97 Å². The van der Waals surface area contributed by atoms with Crippen LogP contribution in [0.1, 0.15) is 18.9 Å². The summed E-state index contributed by atoms with van der Waals surface area (Å²) in [6.45, 7) is 3.89. The number of carbonyl (C=O) groups is 1. The fraction of sp³-hybridized carbons (Fsp3) is 0.417. The first kappa shape index (κ1) is 12.9. The lowest BCUT2D eigenvalue weighted by Crippen LogP contribution is -2.05. The zero-order valence-electron chi connectivity index (χ0n) is 9.69. The van der Waals surface area contributed by atoms with Gasteiger partial charge in [-0.1, -0.05) is 6.92 Å². The Bertz CT molecular complexity index is 377. The highest BCUT2D eigenvalue weighted by Gasteiger charge is 2.10. The summed E-state index contributed by atoms with van der Waals surface area (Å²) in [7, 11) is 1.64. The zero-order valence-corrected chi connectivity index (χ0v) is 10.5. The number of thioether (sulfide) groups is 1. The van der Waals surface area contributed by atoms with Crippen molar-refractivity contribution < 1.29 is 14.6 Å². The minimum absolute atomic E-state index is 0.0743. The number of carboxylic acids is 1. The molecule has 4 heteroatoms. The molecule has 88 valence electrons. The molecule has 0 amide bonds. The molecule has 0 radical (unpaired) electrons. The van der Waals surface area contributed by atoms with E-state index in [0.29, 0.717) is 0 Å². The summed E-state index contributed by atoms with van der Waals surface area (Å²) in [5.74, 6) is 0.0977. The standard InChI is InChI=1S/C12H16O3S/c1-8-6-10(4-5-11(8)15-3)16-9(2)7-12(13)14/h4-6,9H,7H2,1-3H3,(H,13,14). The summed E-state index contributed by atoms with van der Waals surface area (Å²) in [5, 5.41) is 8.74. The van der Waals surface area contributed by atoms with E-state index < -0.39 is 5.97 Å². The molecule has 1 unspecified atom stereocenters. The van der Waals surface area contributed by atoms with Crippen LogP contribution in [0.4, 0.5) is 0 Å². The number of benzene rings is 1. The minimum Gasteiger partial charge on any atom is -0.496 e. The van der Waals surface area contributed by atoms with Crippen LogP contribution >= 0.6 is 11.8 Å². The van der Waals surface area contributed by atoms with Crippen LogP contribution in [0.15, 0.2) is 23.1 Å². The molecule has 0 saturated heterocycles. The van der Waals surface area contributed by atoms with Crippen molar-refractivity contribution in [3.63, 3.8) is 0 Å². The lowest BCUT2D eigenvalue weighted by Gasteiger charge is -2.10. The highest BCUT2D eigenvalue weighted by molar-refractivity contribution is 8.00.